The van der Waals surface area contributed by atoms with Gasteiger partial charge in [-0.05, 0) is 28.8 Å². The van der Waals surface area contributed by atoms with E-state index in [2.05, 4.69) is 29.2 Å². The predicted molar refractivity (Wildman–Crippen MR) is 53.9 cm³/mol. The molecule has 3 N–H and O–H groups in total. The van der Waals surface area contributed by atoms with Crippen LogP contribution in [0.2, 0.25) is 0 Å². The van der Waals surface area contributed by atoms with Crippen LogP contribution in [0, 0.1) is 0 Å². The molecule has 0 radical (unpaired) electrons. The molecular weight excluding hydrogens is 168 g/mol. The quantitative estimate of drug-likeness (QED) is 0.545. The summed E-state index contributed by atoms with van der Waals surface area (Å²) in [6, 6.07) is 2.47. The van der Waals surface area contributed by atoms with Gasteiger partial charge in [-0.15, -0.1) is 0 Å². The summed E-state index contributed by atoms with van der Waals surface area (Å²) in [4.78, 5) is 0. The van der Waals surface area contributed by atoms with Gasteiger partial charge < -0.3 is 0 Å². The Kier molecular flexibility index (Phi) is 4.29. The van der Waals surface area contributed by atoms with Crippen LogP contribution in [0.15, 0.2) is 16.8 Å². The molecule has 0 bridgehead atoms. The van der Waals surface area contributed by atoms with Gasteiger partial charge in [0.15, 0.2) is 0 Å². The van der Waals surface area contributed by atoms with E-state index < -0.39 is 0 Å². The summed E-state index contributed by atoms with van der Waals surface area (Å²) in [6.45, 7) is 2.20. The summed E-state index contributed by atoms with van der Waals surface area (Å²) in [5.74, 6) is 5.46. The van der Waals surface area contributed by atoms with Gasteiger partial charge in [-0.2, -0.15) is 11.3 Å². The third kappa shape index (κ3) is 2.59. The first-order chi connectivity index (χ1) is 5.88. The molecule has 1 rings (SSSR count). The Bertz CT molecular complexity index is 196. The minimum absolute atomic E-state index is 0.344. The lowest BCUT2D eigenvalue weighted by Crippen LogP contribution is -2.27. The monoisotopic (exact) mass is 184 g/mol. The smallest absolute Gasteiger partial charge is 0.0468 e. The number of hydrogen-bond donors (Lipinski definition) is 2. The maximum absolute atomic E-state index is 5.46. The average molecular weight is 184 g/mol. The molecule has 0 amide bonds. The van der Waals surface area contributed by atoms with Gasteiger partial charge in [-0.3, -0.25) is 11.3 Å². The van der Waals surface area contributed by atoms with Crippen molar-refractivity contribution in [3.05, 3.63) is 22.4 Å². The molecule has 1 aromatic rings. The van der Waals surface area contributed by atoms with Crippen molar-refractivity contribution >= 4 is 11.3 Å². The van der Waals surface area contributed by atoms with Crippen molar-refractivity contribution in [2.45, 2.75) is 32.2 Å². The van der Waals surface area contributed by atoms with E-state index in [1.54, 1.807) is 11.3 Å². The summed E-state index contributed by atoms with van der Waals surface area (Å²) in [7, 11) is 0. The van der Waals surface area contributed by atoms with Crippen molar-refractivity contribution in [2.75, 3.05) is 0 Å². The molecule has 0 saturated heterocycles. The summed E-state index contributed by atoms with van der Waals surface area (Å²) >= 11 is 1.72. The minimum Gasteiger partial charge on any atom is -0.271 e. The number of hydrazine groups is 1. The molecule has 2 nitrogen and oxygen atoms in total. The molecule has 0 saturated carbocycles. The van der Waals surface area contributed by atoms with E-state index in [4.69, 9.17) is 5.84 Å². The maximum atomic E-state index is 5.46. The molecule has 1 unspecified atom stereocenters. The van der Waals surface area contributed by atoms with Crippen molar-refractivity contribution in [3.63, 3.8) is 0 Å². The van der Waals surface area contributed by atoms with Crippen LogP contribution < -0.4 is 11.3 Å². The number of nitrogens with two attached hydrogens (primary N) is 1. The van der Waals surface area contributed by atoms with Gasteiger partial charge in [0.2, 0.25) is 0 Å². The summed E-state index contributed by atoms with van der Waals surface area (Å²) in [6.07, 6.45) is 3.58. The highest BCUT2D eigenvalue weighted by Gasteiger charge is 2.07. The number of hydrogen-bond acceptors (Lipinski definition) is 3. The van der Waals surface area contributed by atoms with Gasteiger partial charge in [-0.25, -0.2) is 0 Å². The van der Waals surface area contributed by atoms with Crippen LogP contribution in [0.3, 0.4) is 0 Å². The molecule has 1 aromatic heterocycles. The number of nitrogens with one attached hydrogen (secondary N) is 1. The number of unbranched alkanes of at least 4 members (excludes halogenated alkanes) is 1. The number of thiophene rings is 1. The van der Waals surface area contributed by atoms with E-state index in [1.165, 1.54) is 18.4 Å². The second-order valence-corrected chi connectivity index (χ2v) is 3.70. The molecule has 1 atom stereocenters. The fourth-order valence-electron chi connectivity index (χ4n) is 1.23. The Hall–Kier alpha value is -0.380. The summed E-state index contributed by atoms with van der Waals surface area (Å²) < 4.78 is 0. The van der Waals surface area contributed by atoms with E-state index in [1.807, 2.05) is 0 Å². The lowest BCUT2D eigenvalue weighted by Gasteiger charge is -2.13. The highest BCUT2D eigenvalue weighted by molar-refractivity contribution is 7.07. The first kappa shape index (κ1) is 9.71. The second-order valence-electron chi connectivity index (χ2n) is 2.92. The minimum atomic E-state index is 0.344. The normalized spacial score (nSPS) is 13.2. The topological polar surface area (TPSA) is 38.0 Å². The molecule has 0 aliphatic rings. The Balaban J connectivity index is 2.45. The largest absolute Gasteiger partial charge is 0.271 e. The van der Waals surface area contributed by atoms with E-state index >= 15 is 0 Å². The SMILES string of the molecule is CCCCC(NN)c1ccsc1. The van der Waals surface area contributed by atoms with Crippen LogP contribution in [0.1, 0.15) is 37.8 Å². The Morgan fingerprint density at radius 2 is 2.50 bits per heavy atom. The molecular formula is C9H16N2S. The molecule has 1 heterocycles. The van der Waals surface area contributed by atoms with Crippen molar-refractivity contribution in [2.24, 2.45) is 5.84 Å². The third-order valence-electron chi connectivity index (χ3n) is 1.99. The first-order valence-corrected chi connectivity index (χ1v) is 5.31. The molecule has 0 aliphatic heterocycles. The van der Waals surface area contributed by atoms with Gasteiger partial charge in [0.25, 0.3) is 0 Å². The highest BCUT2D eigenvalue weighted by atomic mass is 32.1. The second kappa shape index (κ2) is 5.30. The molecule has 0 fully saturated rings. The Labute approximate surface area is 77.8 Å². The maximum Gasteiger partial charge on any atom is 0.0468 e. The van der Waals surface area contributed by atoms with E-state index in [0.29, 0.717) is 6.04 Å². The zero-order valence-corrected chi connectivity index (χ0v) is 8.23. The molecule has 3 heteroatoms. The van der Waals surface area contributed by atoms with Crippen LogP contribution in [0.5, 0.6) is 0 Å². The van der Waals surface area contributed by atoms with Crippen molar-refractivity contribution in [1.82, 2.24) is 5.43 Å². The van der Waals surface area contributed by atoms with E-state index in [0.717, 1.165) is 6.42 Å². The van der Waals surface area contributed by atoms with Gasteiger partial charge in [0, 0.05) is 6.04 Å². The van der Waals surface area contributed by atoms with Crippen molar-refractivity contribution in [1.29, 1.82) is 0 Å². The molecule has 0 aliphatic carbocycles. The van der Waals surface area contributed by atoms with Crippen LogP contribution in [-0.4, -0.2) is 0 Å². The van der Waals surface area contributed by atoms with Crippen LogP contribution in [-0.2, 0) is 0 Å². The van der Waals surface area contributed by atoms with Crippen LogP contribution >= 0.6 is 11.3 Å². The van der Waals surface area contributed by atoms with Crippen LogP contribution in [0.25, 0.3) is 0 Å². The fraction of sp³-hybridized carbons (Fsp3) is 0.556. The standard InChI is InChI=1S/C9H16N2S/c1-2-3-4-9(11-10)8-5-6-12-7-8/h5-7,9,11H,2-4,10H2,1H3. The first-order valence-electron chi connectivity index (χ1n) is 4.36. The average Bonchev–Trinajstić information content (AvgIpc) is 2.59. The summed E-state index contributed by atoms with van der Waals surface area (Å²) in [5.41, 5.74) is 4.16. The highest BCUT2D eigenvalue weighted by Crippen LogP contribution is 2.20. The zero-order chi connectivity index (χ0) is 8.81. The summed E-state index contributed by atoms with van der Waals surface area (Å²) in [5, 5.41) is 4.24. The zero-order valence-electron chi connectivity index (χ0n) is 7.42. The molecule has 12 heavy (non-hydrogen) atoms. The Morgan fingerprint density at radius 1 is 1.67 bits per heavy atom. The third-order valence-corrected chi connectivity index (χ3v) is 2.69. The van der Waals surface area contributed by atoms with E-state index in [9.17, 15) is 0 Å². The molecule has 0 spiro atoms. The molecule has 0 aromatic carbocycles. The lowest BCUT2D eigenvalue weighted by molar-refractivity contribution is 0.496. The lowest BCUT2D eigenvalue weighted by atomic mass is 10.1. The van der Waals surface area contributed by atoms with Crippen molar-refractivity contribution < 1.29 is 0 Å². The predicted octanol–water partition coefficient (Wildman–Crippen LogP) is 2.44. The van der Waals surface area contributed by atoms with E-state index in [-0.39, 0.29) is 0 Å². The van der Waals surface area contributed by atoms with Crippen molar-refractivity contribution in [3.8, 4) is 0 Å². The van der Waals surface area contributed by atoms with Gasteiger partial charge in [0.1, 0.15) is 0 Å². The molecule has 68 valence electrons. The van der Waals surface area contributed by atoms with Gasteiger partial charge in [0.05, 0.1) is 0 Å². The number of rotatable bonds is 5. The van der Waals surface area contributed by atoms with Crippen LogP contribution in [0.4, 0.5) is 0 Å². The van der Waals surface area contributed by atoms with Gasteiger partial charge >= 0.3 is 0 Å². The Morgan fingerprint density at radius 3 is 3.00 bits per heavy atom. The fourth-order valence-corrected chi connectivity index (χ4v) is 1.94. The van der Waals surface area contributed by atoms with Gasteiger partial charge in [-0.1, -0.05) is 19.8 Å².